The molecule has 1 atom stereocenters. The van der Waals surface area contributed by atoms with E-state index < -0.39 is 24.5 Å². The first kappa shape index (κ1) is 31.3. The second-order valence-corrected chi connectivity index (χ2v) is 10.4. The quantitative estimate of drug-likeness (QED) is 0.0994. The summed E-state index contributed by atoms with van der Waals surface area (Å²) in [5, 5.41) is 9.12. The molecular formula is C35H36O8. The van der Waals surface area contributed by atoms with Crippen molar-refractivity contribution in [3.63, 3.8) is 0 Å². The van der Waals surface area contributed by atoms with E-state index in [0.29, 0.717) is 30.3 Å². The number of aryl methyl sites for hydroxylation is 1. The van der Waals surface area contributed by atoms with Crippen molar-refractivity contribution in [1.29, 1.82) is 0 Å². The SMILES string of the molecule is C=CC(=O)OCCCCCCOc1ccc(OC(=O)c2ccc3c(c2)C(C)c2cc(OC(=O)C(=C)CO)ccc2-3)cc1C. The summed E-state index contributed by atoms with van der Waals surface area (Å²) in [6.45, 7) is 11.3. The molecule has 1 unspecified atom stereocenters. The molecule has 8 nitrogen and oxygen atoms in total. The lowest BCUT2D eigenvalue weighted by Crippen LogP contribution is -2.13. The summed E-state index contributed by atoms with van der Waals surface area (Å²) in [6, 6.07) is 16.2. The van der Waals surface area contributed by atoms with Gasteiger partial charge in [0.2, 0.25) is 0 Å². The molecule has 0 aliphatic heterocycles. The van der Waals surface area contributed by atoms with Crippen molar-refractivity contribution in [3.8, 4) is 28.4 Å². The highest BCUT2D eigenvalue weighted by atomic mass is 16.5. The van der Waals surface area contributed by atoms with E-state index in [1.807, 2.05) is 32.0 Å². The van der Waals surface area contributed by atoms with Gasteiger partial charge in [-0.2, -0.15) is 0 Å². The van der Waals surface area contributed by atoms with Crippen molar-refractivity contribution in [2.24, 2.45) is 0 Å². The number of hydrogen-bond donors (Lipinski definition) is 1. The maximum absolute atomic E-state index is 13.1. The standard InChI is InChI=1S/C35H36O8/c1-5-33(37)41-17-9-7-6-8-16-40-32-15-12-26(18-22(32)2)43-35(39)25-10-13-28-29-14-11-27(42-34(38)23(3)21-36)20-31(29)24(4)30(28)19-25/h5,10-15,18-20,24,36H,1,3,6-9,16-17,21H2,2,4H3. The van der Waals surface area contributed by atoms with Crippen LogP contribution in [0.5, 0.6) is 17.2 Å². The molecule has 0 radical (unpaired) electrons. The normalized spacial score (nSPS) is 13.0. The lowest BCUT2D eigenvalue weighted by atomic mass is 9.98. The van der Waals surface area contributed by atoms with E-state index in [1.165, 1.54) is 0 Å². The van der Waals surface area contributed by atoms with Crippen LogP contribution in [0, 0.1) is 6.92 Å². The van der Waals surface area contributed by atoms with Gasteiger partial charge >= 0.3 is 17.9 Å². The minimum absolute atomic E-state index is 0.0219. The third-order valence-electron chi connectivity index (χ3n) is 7.29. The minimum atomic E-state index is -0.678. The number of aliphatic hydroxyl groups excluding tert-OH is 1. The second-order valence-electron chi connectivity index (χ2n) is 10.4. The Morgan fingerprint density at radius 3 is 2.21 bits per heavy atom. The highest BCUT2D eigenvalue weighted by Crippen LogP contribution is 2.46. The van der Waals surface area contributed by atoms with Gasteiger partial charge in [0.15, 0.2) is 0 Å². The molecule has 4 rings (SSSR count). The van der Waals surface area contributed by atoms with Crippen LogP contribution in [-0.2, 0) is 14.3 Å². The number of carbonyl (C=O) groups excluding carboxylic acids is 3. The summed E-state index contributed by atoms with van der Waals surface area (Å²) < 4.78 is 21.9. The molecule has 43 heavy (non-hydrogen) atoms. The smallest absolute Gasteiger partial charge is 0.343 e. The summed E-state index contributed by atoms with van der Waals surface area (Å²) in [4.78, 5) is 36.1. The summed E-state index contributed by atoms with van der Waals surface area (Å²) in [5.74, 6) is -0.0514. The summed E-state index contributed by atoms with van der Waals surface area (Å²) >= 11 is 0. The average Bonchev–Trinajstić information content (AvgIpc) is 3.28. The lowest BCUT2D eigenvalue weighted by Gasteiger charge is -2.12. The van der Waals surface area contributed by atoms with E-state index in [2.05, 4.69) is 13.2 Å². The van der Waals surface area contributed by atoms with Gasteiger partial charge in [0.25, 0.3) is 0 Å². The predicted molar refractivity (Wildman–Crippen MR) is 163 cm³/mol. The van der Waals surface area contributed by atoms with Gasteiger partial charge in [-0.15, -0.1) is 0 Å². The minimum Gasteiger partial charge on any atom is -0.493 e. The van der Waals surface area contributed by atoms with Gasteiger partial charge in [-0.05, 0) is 103 Å². The van der Waals surface area contributed by atoms with Crippen LogP contribution in [0.3, 0.4) is 0 Å². The molecule has 0 heterocycles. The van der Waals surface area contributed by atoms with E-state index >= 15 is 0 Å². The molecule has 3 aromatic carbocycles. The van der Waals surface area contributed by atoms with Gasteiger partial charge in [0, 0.05) is 12.0 Å². The number of carbonyl (C=O) groups is 3. The highest BCUT2D eigenvalue weighted by molar-refractivity contribution is 5.94. The first-order chi connectivity index (χ1) is 20.7. The molecule has 0 bridgehead atoms. The summed E-state index contributed by atoms with van der Waals surface area (Å²) in [6.07, 6.45) is 4.73. The van der Waals surface area contributed by atoms with Crippen LogP contribution in [0.4, 0.5) is 0 Å². The van der Waals surface area contributed by atoms with Crippen LogP contribution >= 0.6 is 0 Å². The number of unbranched alkanes of at least 4 members (excludes halogenated alkanes) is 3. The van der Waals surface area contributed by atoms with Crippen molar-refractivity contribution >= 4 is 17.9 Å². The molecule has 0 spiro atoms. The summed E-state index contributed by atoms with van der Waals surface area (Å²) in [7, 11) is 0. The first-order valence-electron chi connectivity index (χ1n) is 14.3. The Hall–Kier alpha value is -4.69. The predicted octanol–water partition coefficient (Wildman–Crippen LogP) is 6.47. The monoisotopic (exact) mass is 584 g/mol. The van der Waals surface area contributed by atoms with Crippen molar-refractivity contribution < 1.29 is 38.4 Å². The largest absolute Gasteiger partial charge is 0.493 e. The molecule has 0 saturated carbocycles. The van der Waals surface area contributed by atoms with Gasteiger partial charge in [-0.25, -0.2) is 14.4 Å². The number of fused-ring (bicyclic) bond motifs is 3. The van der Waals surface area contributed by atoms with Crippen LogP contribution in [0.2, 0.25) is 0 Å². The van der Waals surface area contributed by atoms with Gasteiger partial charge in [0.1, 0.15) is 17.2 Å². The molecule has 3 aromatic rings. The Balaban J connectivity index is 1.31. The van der Waals surface area contributed by atoms with E-state index in [0.717, 1.165) is 65.3 Å². The fourth-order valence-electron chi connectivity index (χ4n) is 4.90. The van der Waals surface area contributed by atoms with Crippen LogP contribution in [0.1, 0.15) is 65.6 Å². The Kier molecular flexibility index (Phi) is 10.5. The molecule has 224 valence electrons. The third-order valence-corrected chi connectivity index (χ3v) is 7.29. The van der Waals surface area contributed by atoms with Crippen LogP contribution in [0.25, 0.3) is 11.1 Å². The van der Waals surface area contributed by atoms with E-state index in [4.69, 9.17) is 24.1 Å². The Bertz CT molecular complexity index is 1540. The molecule has 0 aromatic heterocycles. The van der Waals surface area contributed by atoms with Crippen molar-refractivity contribution in [3.05, 3.63) is 102 Å². The maximum atomic E-state index is 13.1. The van der Waals surface area contributed by atoms with Crippen molar-refractivity contribution in [2.75, 3.05) is 19.8 Å². The Morgan fingerprint density at radius 2 is 1.51 bits per heavy atom. The third kappa shape index (κ3) is 7.78. The zero-order chi connectivity index (χ0) is 30.9. The number of hydrogen-bond acceptors (Lipinski definition) is 8. The van der Waals surface area contributed by atoms with Crippen LogP contribution in [0.15, 0.2) is 79.4 Å². The lowest BCUT2D eigenvalue weighted by molar-refractivity contribution is -0.137. The fraction of sp³-hybridized carbons (Fsp3) is 0.286. The second kappa shape index (κ2) is 14.5. The number of ether oxygens (including phenoxy) is 4. The molecule has 1 N–H and O–H groups in total. The molecular weight excluding hydrogens is 548 g/mol. The molecule has 0 amide bonds. The molecule has 1 aliphatic rings. The van der Waals surface area contributed by atoms with Gasteiger partial charge in [-0.1, -0.05) is 32.2 Å². The Labute approximate surface area is 251 Å². The van der Waals surface area contributed by atoms with E-state index in [-0.39, 0.29) is 11.5 Å². The zero-order valence-corrected chi connectivity index (χ0v) is 24.5. The van der Waals surface area contributed by atoms with Crippen LogP contribution in [-0.4, -0.2) is 42.8 Å². The number of esters is 3. The van der Waals surface area contributed by atoms with Gasteiger partial charge in [0.05, 0.1) is 31.0 Å². The molecule has 8 heteroatoms. The zero-order valence-electron chi connectivity index (χ0n) is 24.5. The number of benzene rings is 3. The van der Waals surface area contributed by atoms with Crippen molar-refractivity contribution in [2.45, 2.75) is 45.4 Å². The van der Waals surface area contributed by atoms with Gasteiger partial charge < -0.3 is 24.1 Å². The number of rotatable bonds is 14. The molecule has 0 saturated heterocycles. The Morgan fingerprint density at radius 1 is 0.860 bits per heavy atom. The molecule has 0 fully saturated rings. The van der Waals surface area contributed by atoms with E-state index in [1.54, 1.807) is 36.4 Å². The molecule has 1 aliphatic carbocycles. The van der Waals surface area contributed by atoms with Crippen molar-refractivity contribution in [1.82, 2.24) is 0 Å². The highest BCUT2D eigenvalue weighted by Gasteiger charge is 2.27. The first-order valence-corrected chi connectivity index (χ1v) is 14.3. The fourth-order valence-corrected chi connectivity index (χ4v) is 4.90. The summed E-state index contributed by atoms with van der Waals surface area (Å²) in [5.41, 5.74) is 5.23. The average molecular weight is 585 g/mol. The maximum Gasteiger partial charge on any atom is 0.343 e. The number of aliphatic hydroxyl groups is 1. The van der Waals surface area contributed by atoms with E-state index in [9.17, 15) is 14.4 Å². The topological polar surface area (TPSA) is 108 Å². The van der Waals surface area contributed by atoms with Crippen LogP contribution < -0.4 is 14.2 Å². The van der Waals surface area contributed by atoms with Gasteiger partial charge in [-0.3, -0.25) is 0 Å².